The highest BCUT2D eigenvalue weighted by Crippen LogP contribution is 2.21. The molecule has 0 radical (unpaired) electrons. The van der Waals surface area contributed by atoms with E-state index in [2.05, 4.69) is 21.0 Å². The van der Waals surface area contributed by atoms with Crippen molar-refractivity contribution < 1.29 is 4.39 Å². The van der Waals surface area contributed by atoms with Crippen LogP contribution in [0.1, 0.15) is 5.56 Å². The molecule has 2 N–H and O–H groups in total. The van der Waals surface area contributed by atoms with Gasteiger partial charge in [-0.25, -0.2) is 4.39 Å². The van der Waals surface area contributed by atoms with Gasteiger partial charge in [-0.2, -0.15) is 5.10 Å². The molecule has 0 amide bonds. The van der Waals surface area contributed by atoms with Crippen LogP contribution in [-0.4, -0.2) is 9.78 Å². The molecule has 0 atom stereocenters. The number of nitrogens with zero attached hydrogens (tertiary/aromatic N) is 2. The number of nitrogen functional groups attached to an aromatic ring is 1. The van der Waals surface area contributed by atoms with Crippen molar-refractivity contribution in [3.05, 3.63) is 70.7 Å². The van der Waals surface area contributed by atoms with Crippen LogP contribution in [0.4, 0.5) is 10.1 Å². The SMILES string of the molecule is Nc1ccc(-c2cnn(Cc3ccc(F)c(Br)c3)c2)cc1. The normalized spacial score (nSPS) is 10.8. The summed E-state index contributed by atoms with van der Waals surface area (Å²) in [5.41, 5.74) is 9.49. The molecule has 106 valence electrons. The largest absolute Gasteiger partial charge is 0.399 e. The summed E-state index contributed by atoms with van der Waals surface area (Å²) in [6.07, 6.45) is 3.77. The summed E-state index contributed by atoms with van der Waals surface area (Å²) in [5, 5.41) is 4.34. The maximum atomic E-state index is 13.2. The van der Waals surface area contributed by atoms with E-state index < -0.39 is 0 Å². The third-order valence-corrected chi connectivity index (χ3v) is 3.81. The number of hydrogen-bond acceptors (Lipinski definition) is 2. The van der Waals surface area contributed by atoms with Gasteiger partial charge in [-0.3, -0.25) is 4.68 Å². The molecule has 0 spiro atoms. The lowest BCUT2D eigenvalue weighted by Gasteiger charge is -2.03. The van der Waals surface area contributed by atoms with E-state index in [9.17, 15) is 4.39 Å². The highest BCUT2D eigenvalue weighted by Gasteiger charge is 2.04. The summed E-state index contributed by atoms with van der Waals surface area (Å²) in [5.74, 6) is -0.262. The van der Waals surface area contributed by atoms with Gasteiger partial charge in [0, 0.05) is 17.4 Å². The van der Waals surface area contributed by atoms with Crippen molar-refractivity contribution in [1.82, 2.24) is 9.78 Å². The third-order valence-electron chi connectivity index (χ3n) is 3.21. The minimum absolute atomic E-state index is 0.262. The van der Waals surface area contributed by atoms with Gasteiger partial charge in [-0.15, -0.1) is 0 Å². The smallest absolute Gasteiger partial charge is 0.137 e. The molecular formula is C16H13BrFN3. The van der Waals surface area contributed by atoms with Crippen molar-refractivity contribution in [2.24, 2.45) is 0 Å². The van der Waals surface area contributed by atoms with E-state index in [0.717, 1.165) is 22.4 Å². The Hall–Kier alpha value is -2.14. The van der Waals surface area contributed by atoms with Crippen LogP contribution in [0.2, 0.25) is 0 Å². The molecule has 1 aromatic heterocycles. The topological polar surface area (TPSA) is 43.8 Å². The van der Waals surface area contributed by atoms with Gasteiger partial charge in [0.05, 0.1) is 17.2 Å². The third kappa shape index (κ3) is 3.13. The zero-order valence-corrected chi connectivity index (χ0v) is 12.7. The second kappa shape index (κ2) is 5.69. The van der Waals surface area contributed by atoms with Crippen molar-refractivity contribution >= 4 is 21.6 Å². The van der Waals surface area contributed by atoms with Crippen LogP contribution in [0.3, 0.4) is 0 Å². The van der Waals surface area contributed by atoms with Gasteiger partial charge in [0.1, 0.15) is 5.82 Å². The number of hydrogen-bond donors (Lipinski definition) is 1. The van der Waals surface area contributed by atoms with Crippen LogP contribution in [0.5, 0.6) is 0 Å². The first-order valence-electron chi connectivity index (χ1n) is 6.44. The number of aromatic nitrogens is 2. The summed E-state index contributed by atoms with van der Waals surface area (Å²) in [6.45, 7) is 0.591. The standard InChI is InChI=1S/C16H13BrFN3/c17-15-7-11(1-6-16(15)18)9-21-10-13(8-20-21)12-2-4-14(19)5-3-12/h1-8,10H,9,19H2. The molecule has 0 aliphatic carbocycles. The summed E-state index contributed by atoms with van der Waals surface area (Å²) < 4.78 is 15.5. The van der Waals surface area contributed by atoms with E-state index >= 15 is 0 Å². The molecule has 3 aromatic rings. The number of nitrogens with two attached hydrogens (primary N) is 1. The molecule has 0 aliphatic heterocycles. The lowest BCUT2D eigenvalue weighted by atomic mass is 10.1. The Balaban J connectivity index is 1.81. The van der Waals surface area contributed by atoms with E-state index in [0.29, 0.717) is 11.0 Å². The summed E-state index contributed by atoms with van der Waals surface area (Å²) >= 11 is 3.19. The molecule has 3 rings (SSSR count). The van der Waals surface area contributed by atoms with Crippen molar-refractivity contribution in [2.75, 3.05) is 5.73 Å². The average Bonchev–Trinajstić information content (AvgIpc) is 2.92. The van der Waals surface area contributed by atoms with Crippen LogP contribution in [0.25, 0.3) is 11.1 Å². The fourth-order valence-electron chi connectivity index (χ4n) is 2.10. The van der Waals surface area contributed by atoms with Gasteiger partial charge in [-0.05, 0) is 51.3 Å². The molecule has 21 heavy (non-hydrogen) atoms. The van der Waals surface area contributed by atoms with Gasteiger partial charge >= 0.3 is 0 Å². The van der Waals surface area contributed by atoms with E-state index in [1.807, 2.05) is 41.3 Å². The predicted molar refractivity (Wildman–Crippen MR) is 85.3 cm³/mol. The zero-order valence-electron chi connectivity index (χ0n) is 11.1. The minimum atomic E-state index is -0.262. The number of rotatable bonds is 3. The molecule has 0 saturated carbocycles. The van der Waals surface area contributed by atoms with Gasteiger partial charge in [0.25, 0.3) is 0 Å². The molecule has 1 heterocycles. The van der Waals surface area contributed by atoms with E-state index in [1.165, 1.54) is 6.07 Å². The number of benzene rings is 2. The molecule has 0 bridgehead atoms. The predicted octanol–water partition coefficient (Wildman–Crippen LogP) is 4.08. The maximum absolute atomic E-state index is 13.2. The van der Waals surface area contributed by atoms with Gasteiger partial charge in [-0.1, -0.05) is 18.2 Å². The first kappa shape index (κ1) is 13.8. The van der Waals surface area contributed by atoms with Crippen molar-refractivity contribution in [3.63, 3.8) is 0 Å². The second-order valence-corrected chi connectivity index (χ2v) is 5.65. The first-order valence-corrected chi connectivity index (χ1v) is 7.23. The van der Waals surface area contributed by atoms with Crippen molar-refractivity contribution in [2.45, 2.75) is 6.54 Å². The van der Waals surface area contributed by atoms with Crippen LogP contribution >= 0.6 is 15.9 Å². The lowest BCUT2D eigenvalue weighted by molar-refractivity contribution is 0.617. The minimum Gasteiger partial charge on any atom is -0.399 e. The Morgan fingerprint density at radius 1 is 1.10 bits per heavy atom. The van der Waals surface area contributed by atoms with Gasteiger partial charge in [0.15, 0.2) is 0 Å². The lowest BCUT2D eigenvalue weighted by Crippen LogP contribution is -2.00. The van der Waals surface area contributed by atoms with Crippen molar-refractivity contribution in [3.8, 4) is 11.1 Å². The molecule has 0 fully saturated rings. The average molecular weight is 346 g/mol. The zero-order chi connectivity index (χ0) is 14.8. The molecule has 5 heteroatoms. The molecule has 3 nitrogen and oxygen atoms in total. The highest BCUT2D eigenvalue weighted by atomic mass is 79.9. The van der Waals surface area contributed by atoms with E-state index in [1.54, 1.807) is 12.1 Å². The van der Waals surface area contributed by atoms with Crippen LogP contribution in [-0.2, 0) is 6.54 Å². The Morgan fingerprint density at radius 3 is 2.57 bits per heavy atom. The Labute approximate surface area is 130 Å². The molecule has 0 saturated heterocycles. The number of anilines is 1. The monoisotopic (exact) mass is 345 g/mol. The fourth-order valence-corrected chi connectivity index (χ4v) is 2.53. The van der Waals surface area contributed by atoms with Gasteiger partial charge in [0.2, 0.25) is 0 Å². The molecular weight excluding hydrogens is 333 g/mol. The van der Waals surface area contributed by atoms with Gasteiger partial charge < -0.3 is 5.73 Å². The van der Waals surface area contributed by atoms with E-state index in [-0.39, 0.29) is 5.82 Å². The van der Waals surface area contributed by atoms with E-state index in [4.69, 9.17) is 5.73 Å². The molecule has 0 unspecified atom stereocenters. The Kier molecular flexibility index (Phi) is 3.75. The quantitative estimate of drug-likeness (QED) is 0.726. The van der Waals surface area contributed by atoms with Crippen LogP contribution in [0, 0.1) is 5.82 Å². The first-order chi connectivity index (χ1) is 10.1. The highest BCUT2D eigenvalue weighted by molar-refractivity contribution is 9.10. The summed E-state index contributed by atoms with van der Waals surface area (Å²) in [6, 6.07) is 12.6. The second-order valence-electron chi connectivity index (χ2n) is 4.80. The van der Waals surface area contributed by atoms with Crippen LogP contribution < -0.4 is 5.73 Å². The summed E-state index contributed by atoms with van der Waals surface area (Å²) in [4.78, 5) is 0. The Morgan fingerprint density at radius 2 is 1.86 bits per heavy atom. The van der Waals surface area contributed by atoms with Crippen LogP contribution in [0.15, 0.2) is 59.3 Å². The number of halogens is 2. The fraction of sp³-hybridized carbons (Fsp3) is 0.0625. The molecule has 2 aromatic carbocycles. The molecule has 0 aliphatic rings. The van der Waals surface area contributed by atoms with Crippen molar-refractivity contribution in [1.29, 1.82) is 0 Å². The summed E-state index contributed by atoms with van der Waals surface area (Å²) in [7, 11) is 0. The maximum Gasteiger partial charge on any atom is 0.137 e. The Bertz CT molecular complexity index is 765.